The van der Waals surface area contributed by atoms with Crippen molar-refractivity contribution in [1.29, 1.82) is 5.26 Å². The largest absolute Gasteiger partial charge is 0.303 e. The van der Waals surface area contributed by atoms with Gasteiger partial charge in [0.2, 0.25) is 0 Å². The number of nitrogens with one attached hydrogen (secondary N) is 1. The number of hydrogen-bond acceptors (Lipinski definition) is 3. The van der Waals surface area contributed by atoms with Gasteiger partial charge in [-0.3, -0.25) is 5.32 Å². The summed E-state index contributed by atoms with van der Waals surface area (Å²) in [7, 11) is 0. The second-order valence-electron chi connectivity index (χ2n) is 6.21. The van der Waals surface area contributed by atoms with Crippen molar-refractivity contribution in [3.05, 3.63) is 0 Å². The van der Waals surface area contributed by atoms with Crippen molar-refractivity contribution in [1.82, 2.24) is 10.2 Å². The molecule has 3 atom stereocenters. The molecule has 0 spiro atoms. The molecule has 3 unspecified atom stereocenters. The Hall–Kier alpha value is -0.590. The van der Waals surface area contributed by atoms with E-state index in [0.29, 0.717) is 6.04 Å². The van der Waals surface area contributed by atoms with Crippen LogP contribution in [0.4, 0.5) is 0 Å². The summed E-state index contributed by atoms with van der Waals surface area (Å²) in [5, 5.41) is 12.6. The van der Waals surface area contributed by atoms with E-state index >= 15 is 0 Å². The van der Waals surface area contributed by atoms with Gasteiger partial charge in [0.15, 0.2) is 0 Å². The minimum absolute atomic E-state index is 0.357. The summed E-state index contributed by atoms with van der Waals surface area (Å²) >= 11 is 0. The van der Waals surface area contributed by atoms with Gasteiger partial charge >= 0.3 is 0 Å². The average Bonchev–Trinajstić information content (AvgIpc) is 2.55. The van der Waals surface area contributed by atoms with Crippen LogP contribution in [-0.2, 0) is 0 Å². The zero-order valence-corrected chi connectivity index (χ0v) is 12.0. The summed E-state index contributed by atoms with van der Waals surface area (Å²) < 4.78 is 0. The molecule has 1 fully saturated rings. The minimum atomic E-state index is -0.386. The molecule has 0 aromatic heterocycles. The van der Waals surface area contributed by atoms with Crippen LogP contribution in [0.15, 0.2) is 0 Å². The molecule has 0 aromatic rings. The Bertz CT molecular complexity index is 272. The summed E-state index contributed by atoms with van der Waals surface area (Å²) in [4.78, 5) is 2.49. The summed E-state index contributed by atoms with van der Waals surface area (Å²) in [5.41, 5.74) is -0.386. The van der Waals surface area contributed by atoms with E-state index in [0.717, 1.165) is 24.8 Å². The van der Waals surface area contributed by atoms with Gasteiger partial charge in [-0.1, -0.05) is 13.8 Å². The molecule has 1 saturated heterocycles. The maximum atomic E-state index is 9.28. The Kier molecular flexibility index (Phi) is 4.97. The number of likely N-dealkylation sites (tertiary alicyclic amines) is 1. The second kappa shape index (κ2) is 5.84. The van der Waals surface area contributed by atoms with Gasteiger partial charge in [0.1, 0.15) is 5.54 Å². The SMILES string of the molecule is CC(C)NC(C)(C#N)CCN1CC(C)C(C)C1. The lowest BCUT2D eigenvalue weighted by Crippen LogP contribution is -2.47. The molecule has 1 rings (SSSR count). The van der Waals surface area contributed by atoms with E-state index in [1.807, 2.05) is 6.92 Å². The first-order valence-corrected chi connectivity index (χ1v) is 6.77. The standard InChI is InChI=1S/C14H27N3/c1-11(2)16-14(5,10-15)6-7-17-8-12(3)13(4)9-17/h11-13,16H,6-9H2,1-5H3. The van der Waals surface area contributed by atoms with Gasteiger partial charge in [-0.25, -0.2) is 0 Å². The third kappa shape index (κ3) is 4.29. The van der Waals surface area contributed by atoms with Crippen molar-refractivity contribution in [2.24, 2.45) is 11.8 Å². The summed E-state index contributed by atoms with van der Waals surface area (Å²) in [6.45, 7) is 14.2. The molecule has 3 heteroatoms. The van der Waals surface area contributed by atoms with Crippen molar-refractivity contribution >= 4 is 0 Å². The number of nitrogens with zero attached hydrogens (tertiary/aromatic N) is 2. The Labute approximate surface area is 106 Å². The van der Waals surface area contributed by atoms with E-state index in [9.17, 15) is 5.26 Å². The quantitative estimate of drug-likeness (QED) is 0.797. The van der Waals surface area contributed by atoms with Gasteiger partial charge in [0, 0.05) is 25.7 Å². The van der Waals surface area contributed by atoms with Crippen molar-refractivity contribution in [3.8, 4) is 6.07 Å². The Morgan fingerprint density at radius 3 is 2.29 bits per heavy atom. The highest BCUT2D eigenvalue weighted by molar-refractivity contribution is 5.05. The van der Waals surface area contributed by atoms with Crippen LogP contribution in [0.2, 0.25) is 0 Å². The fourth-order valence-corrected chi connectivity index (χ4v) is 2.61. The topological polar surface area (TPSA) is 39.1 Å². The first-order chi connectivity index (χ1) is 7.86. The van der Waals surface area contributed by atoms with Crippen LogP contribution in [0.3, 0.4) is 0 Å². The lowest BCUT2D eigenvalue weighted by Gasteiger charge is -2.28. The minimum Gasteiger partial charge on any atom is -0.303 e. The second-order valence-corrected chi connectivity index (χ2v) is 6.21. The van der Waals surface area contributed by atoms with Crippen LogP contribution >= 0.6 is 0 Å². The molecule has 98 valence electrons. The van der Waals surface area contributed by atoms with Crippen molar-refractivity contribution in [3.63, 3.8) is 0 Å². The van der Waals surface area contributed by atoms with E-state index in [1.54, 1.807) is 0 Å². The molecule has 0 aromatic carbocycles. The van der Waals surface area contributed by atoms with Crippen LogP contribution in [0.1, 0.15) is 41.0 Å². The first kappa shape index (κ1) is 14.5. The van der Waals surface area contributed by atoms with Gasteiger partial charge in [-0.15, -0.1) is 0 Å². The highest BCUT2D eigenvalue weighted by Gasteiger charge is 2.29. The Balaban J connectivity index is 2.41. The summed E-state index contributed by atoms with van der Waals surface area (Å²) in [6, 6.07) is 2.78. The zero-order valence-electron chi connectivity index (χ0n) is 12.0. The monoisotopic (exact) mass is 237 g/mol. The number of nitriles is 1. The van der Waals surface area contributed by atoms with Crippen LogP contribution in [-0.4, -0.2) is 36.1 Å². The lowest BCUT2D eigenvalue weighted by atomic mass is 9.98. The lowest BCUT2D eigenvalue weighted by molar-refractivity contribution is 0.273. The van der Waals surface area contributed by atoms with Crippen molar-refractivity contribution < 1.29 is 0 Å². The van der Waals surface area contributed by atoms with E-state index in [-0.39, 0.29) is 5.54 Å². The smallest absolute Gasteiger partial charge is 0.105 e. The molecular weight excluding hydrogens is 210 g/mol. The molecule has 0 amide bonds. The average molecular weight is 237 g/mol. The van der Waals surface area contributed by atoms with E-state index in [4.69, 9.17) is 0 Å². The van der Waals surface area contributed by atoms with Gasteiger partial charge in [-0.2, -0.15) is 5.26 Å². The van der Waals surface area contributed by atoms with E-state index < -0.39 is 0 Å². The van der Waals surface area contributed by atoms with Crippen LogP contribution < -0.4 is 5.32 Å². The molecule has 3 nitrogen and oxygen atoms in total. The maximum Gasteiger partial charge on any atom is 0.105 e. The van der Waals surface area contributed by atoms with E-state index in [1.165, 1.54) is 13.1 Å². The van der Waals surface area contributed by atoms with Gasteiger partial charge in [0.25, 0.3) is 0 Å². The molecule has 1 aliphatic heterocycles. The van der Waals surface area contributed by atoms with Gasteiger partial charge in [0.05, 0.1) is 6.07 Å². The highest BCUT2D eigenvalue weighted by atomic mass is 15.2. The Morgan fingerprint density at radius 1 is 1.35 bits per heavy atom. The molecule has 0 aliphatic carbocycles. The van der Waals surface area contributed by atoms with Gasteiger partial charge in [-0.05, 0) is 39.0 Å². The Morgan fingerprint density at radius 2 is 1.88 bits per heavy atom. The normalized spacial score (nSPS) is 29.2. The molecule has 1 heterocycles. The molecular formula is C14H27N3. The molecule has 17 heavy (non-hydrogen) atoms. The van der Waals surface area contributed by atoms with Crippen molar-refractivity contribution in [2.75, 3.05) is 19.6 Å². The molecule has 0 bridgehead atoms. The molecule has 0 radical (unpaired) electrons. The van der Waals surface area contributed by atoms with Crippen LogP contribution in [0.25, 0.3) is 0 Å². The van der Waals surface area contributed by atoms with E-state index in [2.05, 4.69) is 44.0 Å². The fraction of sp³-hybridized carbons (Fsp3) is 0.929. The fourth-order valence-electron chi connectivity index (χ4n) is 2.61. The number of rotatable bonds is 5. The predicted molar refractivity (Wildman–Crippen MR) is 71.7 cm³/mol. The molecule has 1 N–H and O–H groups in total. The van der Waals surface area contributed by atoms with Crippen LogP contribution in [0.5, 0.6) is 0 Å². The summed E-state index contributed by atoms with van der Waals surface area (Å²) in [6.07, 6.45) is 0.904. The molecule has 0 saturated carbocycles. The van der Waals surface area contributed by atoms with Gasteiger partial charge < -0.3 is 4.90 Å². The number of hydrogen-bond donors (Lipinski definition) is 1. The summed E-state index contributed by atoms with van der Waals surface area (Å²) in [5.74, 6) is 1.59. The zero-order chi connectivity index (χ0) is 13.1. The third-order valence-electron chi connectivity index (χ3n) is 3.85. The third-order valence-corrected chi connectivity index (χ3v) is 3.85. The predicted octanol–water partition coefficient (Wildman–Crippen LogP) is 2.24. The van der Waals surface area contributed by atoms with Crippen molar-refractivity contribution in [2.45, 2.75) is 52.6 Å². The van der Waals surface area contributed by atoms with Crippen LogP contribution in [0, 0.1) is 23.2 Å². The highest BCUT2D eigenvalue weighted by Crippen LogP contribution is 2.23. The molecule has 1 aliphatic rings. The maximum absolute atomic E-state index is 9.28. The first-order valence-electron chi connectivity index (χ1n) is 6.77.